The summed E-state index contributed by atoms with van der Waals surface area (Å²) in [7, 11) is 0. The number of hydrogen-bond acceptors (Lipinski definition) is 5. The summed E-state index contributed by atoms with van der Waals surface area (Å²) in [6.07, 6.45) is 4.30. The van der Waals surface area contributed by atoms with Crippen molar-refractivity contribution in [3.63, 3.8) is 0 Å². The maximum Gasteiger partial charge on any atom is 0.224 e. The van der Waals surface area contributed by atoms with Crippen LogP contribution >= 0.6 is 0 Å². The molecule has 0 aliphatic rings. The second-order valence-electron chi connectivity index (χ2n) is 4.21. The predicted octanol–water partition coefficient (Wildman–Crippen LogP) is 2.67. The average Bonchev–Trinajstić information content (AvgIpc) is 2.43. The van der Waals surface area contributed by atoms with Crippen molar-refractivity contribution in [2.45, 2.75) is 33.1 Å². The maximum absolute atomic E-state index is 13.5. The molecule has 19 heavy (non-hydrogen) atoms. The van der Waals surface area contributed by atoms with Gasteiger partial charge in [-0.1, -0.05) is 20.3 Å². The second kappa shape index (κ2) is 9.49. The Hall–Kier alpha value is -1.43. The van der Waals surface area contributed by atoms with Crippen LogP contribution in [0.15, 0.2) is 6.20 Å². The highest BCUT2D eigenvalue weighted by atomic mass is 19.1. The first kappa shape index (κ1) is 15.6. The van der Waals surface area contributed by atoms with Gasteiger partial charge in [0.2, 0.25) is 5.95 Å². The standard InChI is InChI=1S/C13H23FN4O/c1-3-5-8-19-9-7-15-12-11(14)10-17-13(18-12)16-6-4-2/h10H,3-9H2,1-2H3,(H2,15,16,17,18). The van der Waals surface area contributed by atoms with Crippen molar-refractivity contribution in [1.29, 1.82) is 0 Å². The second-order valence-corrected chi connectivity index (χ2v) is 4.21. The molecule has 0 radical (unpaired) electrons. The fourth-order valence-corrected chi connectivity index (χ4v) is 1.40. The SMILES string of the molecule is CCCCOCCNc1nc(NCCC)ncc1F. The van der Waals surface area contributed by atoms with Crippen LogP contribution in [0.3, 0.4) is 0 Å². The largest absolute Gasteiger partial charge is 0.380 e. The molecule has 1 aromatic rings. The molecule has 0 aromatic carbocycles. The minimum absolute atomic E-state index is 0.215. The molecule has 1 rings (SSSR count). The van der Waals surface area contributed by atoms with Crippen LogP contribution < -0.4 is 10.6 Å². The highest BCUT2D eigenvalue weighted by Gasteiger charge is 2.05. The Balaban J connectivity index is 2.34. The van der Waals surface area contributed by atoms with Crippen molar-refractivity contribution in [2.75, 3.05) is 36.9 Å². The van der Waals surface area contributed by atoms with E-state index in [1.165, 1.54) is 6.20 Å². The molecular weight excluding hydrogens is 247 g/mol. The number of nitrogens with one attached hydrogen (secondary N) is 2. The first-order chi connectivity index (χ1) is 9.27. The number of hydrogen-bond donors (Lipinski definition) is 2. The first-order valence-electron chi connectivity index (χ1n) is 6.86. The zero-order valence-corrected chi connectivity index (χ0v) is 11.7. The molecule has 6 heteroatoms. The third-order valence-electron chi connectivity index (χ3n) is 2.46. The average molecular weight is 270 g/mol. The predicted molar refractivity (Wildman–Crippen MR) is 75.0 cm³/mol. The van der Waals surface area contributed by atoms with Gasteiger partial charge in [-0.15, -0.1) is 0 Å². The van der Waals surface area contributed by atoms with Crippen molar-refractivity contribution in [3.05, 3.63) is 12.0 Å². The smallest absolute Gasteiger partial charge is 0.224 e. The van der Waals surface area contributed by atoms with Crippen molar-refractivity contribution in [3.8, 4) is 0 Å². The Bertz CT molecular complexity index is 362. The van der Waals surface area contributed by atoms with Crippen LogP contribution in [-0.2, 0) is 4.74 Å². The van der Waals surface area contributed by atoms with E-state index in [1.54, 1.807) is 0 Å². The fraction of sp³-hybridized carbons (Fsp3) is 0.692. The van der Waals surface area contributed by atoms with Crippen LogP contribution in [0.4, 0.5) is 16.2 Å². The Morgan fingerprint density at radius 2 is 2.00 bits per heavy atom. The van der Waals surface area contributed by atoms with E-state index >= 15 is 0 Å². The molecule has 0 amide bonds. The molecule has 0 bridgehead atoms. The molecule has 0 spiro atoms. The van der Waals surface area contributed by atoms with Gasteiger partial charge in [-0.3, -0.25) is 0 Å². The van der Waals surface area contributed by atoms with Crippen LogP contribution in [0.1, 0.15) is 33.1 Å². The van der Waals surface area contributed by atoms with Crippen LogP contribution in [0.2, 0.25) is 0 Å². The molecule has 1 aromatic heterocycles. The van der Waals surface area contributed by atoms with Gasteiger partial charge in [0.05, 0.1) is 12.8 Å². The molecule has 108 valence electrons. The van der Waals surface area contributed by atoms with E-state index in [1.807, 2.05) is 6.92 Å². The Morgan fingerprint density at radius 1 is 1.16 bits per heavy atom. The summed E-state index contributed by atoms with van der Waals surface area (Å²) >= 11 is 0. The van der Waals surface area contributed by atoms with Gasteiger partial charge in [0, 0.05) is 19.7 Å². The monoisotopic (exact) mass is 270 g/mol. The summed E-state index contributed by atoms with van der Waals surface area (Å²) in [5, 5.41) is 5.94. The lowest BCUT2D eigenvalue weighted by molar-refractivity contribution is 0.141. The molecule has 0 aliphatic heterocycles. The lowest BCUT2D eigenvalue weighted by Crippen LogP contribution is -2.14. The zero-order valence-electron chi connectivity index (χ0n) is 11.7. The summed E-state index contributed by atoms with van der Waals surface area (Å²) in [5.41, 5.74) is 0. The minimum atomic E-state index is -0.449. The number of halogens is 1. The highest BCUT2D eigenvalue weighted by Crippen LogP contribution is 2.11. The number of unbranched alkanes of at least 4 members (excludes halogenated alkanes) is 1. The van der Waals surface area contributed by atoms with Crippen molar-refractivity contribution >= 4 is 11.8 Å². The quantitative estimate of drug-likeness (QED) is 0.640. The topological polar surface area (TPSA) is 59.1 Å². The minimum Gasteiger partial charge on any atom is -0.380 e. The van der Waals surface area contributed by atoms with E-state index in [0.717, 1.165) is 32.4 Å². The van der Waals surface area contributed by atoms with Gasteiger partial charge in [0.15, 0.2) is 11.6 Å². The zero-order chi connectivity index (χ0) is 13.9. The summed E-state index contributed by atoms with van der Waals surface area (Å²) in [6.45, 7) is 6.75. The van der Waals surface area contributed by atoms with Crippen LogP contribution in [0.5, 0.6) is 0 Å². The third-order valence-corrected chi connectivity index (χ3v) is 2.46. The summed E-state index contributed by atoms with van der Waals surface area (Å²) in [4.78, 5) is 7.96. The van der Waals surface area contributed by atoms with Crippen molar-refractivity contribution in [2.24, 2.45) is 0 Å². The van der Waals surface area contributed by atoms with E-state index in [2.05, 4.69) is 27.5 Å². The Kier molecular flexibility index (Phi) is 7.81. The molecule has 0 saturated heterocycles. The van der Waals surface area contributed by atoms with Gasteiger partial charge in [-0.05, 0) is 12.8 Å². The molecule has 5 nitrogen and oxygen atoms in total. The van der Waals surface area contributed by atoms with Gasteiger partial charge in [-0.25, -0.2) is 9.37 Å². The number of anilines is 2. The summed E-state index contributed by atoms with van der Waals surface area (Å²) in [6, 6.07) is 0. The fourth-order valence-electron chi connectivity index (χ4n) is 1.40. The molecule has 2 N–H and O–H groups in total. The van der Waals surface area contributed by atoms with E-state index in [-0.39, 0.29) is 5.82 Å². The highest BCUT2D eigenvalue weighted by molar-refractivity contribution is 5.40. The number of ether oxygens (including phenoxy) is 1. The lowest BCUT2D eigenvalue weighted by atomic mass is 10.4. The Morgan fingerprint density at radius 3 is 2.74 bits per heavy atom. The molecule has 0 saturated carbocycles. The van der Waals surface area contributed by atoms with E-state index < -0.39 is 5.82 Å². The third kappa shape index (κ3) is 6.33. The molecule has 1 heterocycles. The maximum atomic E-state index is 13.5. The number of aromatic nitrogens is 2. The van der Waals surface area contributed by atoms with Gasteiger partial charge >= 0.3 is 0 Å². The number of rotatable bonds is 10. The molecule has 0 unspecified atom stereocenters. The van der Waals surface area contributed by atoms with E-state index in [9.17, 15) is 4.39 Å². The van der Waals surface area contributed by atoms with Gasteiger partial charge in [0.25, 0.3) is 0 Å². The normalized spacial score (nSPS) is 10.5. The van der Waals surface area contributed by atoms with Crippen molar-refractivity contribution < 1.29 is 9.13 Å². The van der Waals surface area contributed by atoms with Gasteiger partial charge < -0.3 is 15.4 Å². The summed E-state index contributed by atoms with van der Waals surface area (Å²) in [5.74, 6) is 0.209. The summed E-state index contributed by atoms with van der Waals surface area (Å²) < 4.78 is 18.9. The first-order valence-corrected chi connectivity index (χ1v) is 6.86. The van der Waals surface area contributed by atoms with Crippen LogP contribution in [0, 0.1) is 5.82 Å². The lowest BCUT2D eigenvalue weighted by Gasteiger charge is -2.09. The molecule has 0 aliphatic carbocycles. The molecular formula is C13H23FN4O. The van der Waals surface area contributed by atoms with Crippen molar-refractivity contribution in [1.82, 2.24) is 9.97 Å². The number of nitrogens with zero attached hydrogens (tertiary/aromatic N) is 2. The Labute approximate surface area is 114 Å². The molecule has 0 atom stereocenters. The van der Waals surface area contributed by atoms with E-state index in [4.69, 9.17) is 4.74 Å². The van der Waals surface area contributed by atoms with Gasteiger partial charge in [-0.2, -0.15) is 4.98 Å². The van der Waals surface area contributed by atoms with Gasteiger partial charge in [0.1, 0.15) is 0 Å². The van der Waals surface area contributed by atoms with Crippen LogP contribution in [-0.4, -0.2) is 36.3 Å². The van der Waals surface area contributed by atoms with Crippen LogP contribution in [0.25, 0.3) is 0 Å². The molecule has 0 fully saturated rings. The van der Waals surface area contributed by atoms with E-state index in [0.29, 0.717) is 19.1 Å².